The highest BCUT2D eigenvalue weighted by Gasteiger charge is 2.48. The molecule has 1 aliphatic heterocycles. The topological polar surface area (TPSA) is 54.2 Å². The Balaban J connectivity index is 2.07. The van der Waals surface area contributed by atoms with Crippen LogP contribution in [0.4, 0.5) is 0 Å². The van der Waals surface area contributed by atoms with Gasteiger partial charge in [-0.05, 0) is 25.5 Å². The molecule has 1 aromatic carbocycles. The normalized spacial score (nSPS) is 22.2. The van der Waals surface area contributed by atoms with Gasteiger partial charge in [0.1, 0.15) is 0 Å². The highest BCUT2D eigenvalue weighted by atomic mass is 32.2. The molecule has 4 nitrogen and oxygen atoms in total. The predicted molar refractivity (Wildman–Crippen MR) is 73.4 cm³/mol. The minimum absolute atomic E-state index is 0.0394. The van der Waals surface area contributed by atoms with E-state index >= 15 is 0 Å². The van der Waals surface area contributed by atoms with Crippen LogP contribution in [-0.4, -0.2) is 31.1 Å². The minimum Gasteiger partial charge on any atom is -0.298 e. The van der Waals surface area contributed by atoms with Crippen LogP contribution < -0.4 is 0 Å². The Kier molecular flexibility index (Phi) is 4.06. The maximum atomic E-state index is 12.3. The first-order valence-corrected chi connectivity index (χ1v) is 8.02. The fourth-order valence-electron chi connectivity index (χ4n) is 2.01. The van der Waals surface area contributed by atoms with E-state index in [9.17, 15) is 13.2 Å². The quantitative estimate of drug-likeness (QED) is 0.751. The maximum Gasteiger partial charge on any atom is 0.243 e. The molecule has 0 amide bonds. The van der Waals surface area contributed by atoms with Crippen LogP contribution >= 0.6 is 0 Å². The van der Waals surface area contributed by atoms with Crippen molar-refractivity contribution in [1.82, 2.24) is 4.31 Å². The number of hydrogen-bond acceptors (Lipinski definition) is 3. The summed E-state index contributed by atoms with van der Waals surface area (Å²) in [4.78, 5) is 12.1. The summed E-state index contributed by atoms with van der Waals surface area (Å²) in [6.45, 7) is 4.25. The van der Waals surface area contributed by atoms with Crippen molar-refractivity contribution in [3.63, 3.8) is 0 Å². The summed E-state index contributed by atoms with van der Waals surface area (Å²) in [6, 6.07) is 6.29. The van der Waals surface area contributed by atoms with E-state index in [-0.39, 0.29) is 10.7 Å². The highest BCUT2D eigenvalue weighted by molar-refractivity contribution is 7.89. The van der Waals surface area contributed by atoms with Crippen molar-refractivity contribution in [2.75, 3.05) is 6.54 Å². The molecule has 1 saturated heterocycles. The van der Waals surface area contributed by atoms with Gasteiger partial charge < -0.3 is 0 Å². The van der Waals surface area contributed by atoms with Crippen LogP contribution in [0.2, 0.25) is 0 Å². The van der Waals surface area contributed by atoms with Crippen molar-refractivity contribution >= 4 is 15.8 Å². The van der Waals surface area contributed by atoms with Crippen molar-refractivity contribution in [3.05, 3.63) is 29.8 Å². The van der Waals surface area contributed by atoms with E-state index < -0.39 is 16.1 Å². The molecular weight excluding hydrogens is 262 g/mol. The summed E-state index contributed by atoms with van der Waals surface area (Å²) in [6.07, 6.45) is 2.25. The second-order valence-electron chi connectivity index (χ2n) is 4.97. The molecule has 104 valence electrons. The second kappa shape index (κ2) is 5.43. The van der Waals surface area contributed by atoms with Crippen LogP contribution in [0, 0.1) is 6.92 Å². The molecule has 0 radical (unpaired) electrons. The summed E-state index contributed by atoms with van der Waals surface area (Å²) in [5.74, 6) is 0.0394. The van der Waals surface area contributed by atoms with Gasteiger partial charge in [0, 0.05) is 13.0 Å². The minimum atomic E-state index is -3.49. The Hall–Kier alpha value is -1.20. The maximum absolute atomic E-state index is 12.3. The van der Waals surface area contributed by atoms with Gasteiger partial charge in [0.25, 0.3) is 0 Å². The number of nitrogens with zero attached hydrogens (tertiary/aromatic N) is 1. The predicted octanol–water partition coefficient (Wildman–Crippen LogP) is 2.13. The van der Waals surface area contributed by atoms with Crippen LogP contribution in [-0.2, 0) is 14.8 Å². The fraction of sp³-hybridized carbons (Fsp3) is 0.500. The molecule has 1 heterocycles. The first-order chi connectivity index (χ1) is 8.96. The van der Waals surface area contributed by atoms with E-state index in [0.29, 0.717) is 13.0 Å². The molecule has 19 heavy (non-hydrogen) atoms. The lowest BCUT2D eigenvalue weighted by Gasteiger charge is -2.06. The smallest absolute Gasteiger partial charge is 0.243 e. The summed E-state index contributed by atoms with van der Waals surface area (Å²) < 4.78 is 25.8. The molecule has 0 bridgehead atoms. The molecule has 0 saturated carbocycles. The van der Waals surface area contributed by atoms with Gasteiger partial charge in [0.2, 0.25) is 10.0 Å². The van der Waals surface area contributed by atoms with Crippen LogP contribution in [0.3, 0.4) is 0 Å². The Bertz CT molecular complexity index is 563. The third-order valence-corrected chi connectivity index (χ3v) is 5.23. The number of ketones is 1. The standard InChI is InChI=1S/C14H19NO3S/c1-3-4-5-14(16)13-10-15(13)19(17,18)12-8-6-11(2)7-9-12/h6-9,13H,3-5,10H2,1-2H3. The van der Waals surface area contributed by atoms with Crippen molar-refractivity contribution in [3.8, 4) is 0 Å². The van der Waals surface area contributed by atoms with Crippen molar-refractivity contribution < 1.29 is 13.2 Å². The van der Waals surface area contributed by atoms with E-state index in [1.807, 2.05) is 13.8 Å². The molecule has 1 aromatic rings. The monoisotopic (exact) mass is 281 g/mol. The summed E-state index contributed by atoms with van der Waals surface area (Å²) >= 11 is 0. The molecule has 0 N–H and O–H groups in total. The van der Waals surface area contributed by atoms with Crippen molar-refractivity contribution in [2.45, 2.75) is 44.0 Å². The SMILES string of the molecule is CCCCC(=O)C1CN1S(=O)(=O)c1ccc(C)cc1. The fourth-order valence-corrected chi connectivity index (χ4v) is 3.56. The molecule has 5 heteroatoms. The largest absolute Gasteiger partial charge is 0.298 e. The van der Waals surface area contributed by atoms with Crippen LogP contribution in [0.1, 0.15) is 31.7 Å². The number of hydrogen-bond donors (Lipinski definition) is 0. The zero-order valence-corrected chi connectivity index (χ0v) is 12.1. The number of benzene rings is 1. The average Bonchev–Trinajstić information content (AvgIpc) is 3.17. The average molecular weight is 281 g/mol. The van der Waals surface area contributed by atoms with Gasteiger partial charge in [-0.15, -0.1) is 0 Å². The third-order valence-electron chi connectivity index (χ3n) is 3.34. The highest BCUT2D eigenvalue weighted by Crippen LogP contribution is 2.29. The zero-order chi connectivity index (χ0) is 14.0. The first kappa shape index (κ1) is 14.2. The molecule has 1 aliphatic rings. The van der Waals surface area contributed by atoms with Crippen LogP contribution in [0.25, 0.3) is 0 Å². The lowest BCUT2D eigenvalue weighted by Crippen LogP contribution is -2.19. The molecule has 1 fully saturated rings. The number of Topliss-reactive ketones (excluding diaryl/α,β-unsaturated/α-hetero) is 1. The second-order valence-corrected chi connectivity index (χ2v) is 6.86. The first-order valence-electron chi connectivity index (χ1n) is 6.58. The molecule has 2 unspecified atom stereocenters. The van der Waals surface area contributed by atoms with Crippen LogP contribution in [0.5, 0.6) is 0 Å². The van der Waals surface area contributed by atoms with Gasteiger partial charge >= 0.3 is 0 Å². The molecule has 0 aromatic heterocycles. The van der Waals surface area contributed by atoms with Gasteiger partial charge in [-0.1, -0.05) is 31.0 Å². The number of sulfonamides is 1. The Labute approximate surface area is 114 Å². The molecule has 0 aliphatic carbocycles. The van der Waals surface area contributed by atoms with Gasteiger partial charge in [-0.25, -0.2) is 8.42 Å². The van der Waals surface area contributed by atoms with E-state index in [4.69, 9.17) is 0 Å². The summed E-state index contributed by atoms with van der Waals surface area (Å²) in [7, 11) is -3.49. The number of aryl methyl sites for hydroxylation is 1. The Morgan fingerprint density at radius 1 is 1.32 bits per heavy atom. The molecule has 2 atom stereocenters. The lowest BCUT2D eigenvalue weighted by molar-refractivity contribution is -0.119. The van der Waals surface area contributed by atoms with Crippen molar-refractivity contribution in [1.29, 1.82) is 0 Å². The molecule has 0 spiro atoms. The lowest BCUT2D eigenvalue weighted by atomic mass is 10.1. The van der Waals surface area contributed by atoms with Crippen LogP contribution in [0.15, 0.2) is 29.2 Å². The third kappa shape index (κ3) is 3.04. The number of rotatable bonds is 6. The molecule has 2 rings (SSSR count). The number of unbranched alkanes of at least 4 members (excludes halogenated alkanes) is 1. The van der Waals surface area contributed by atoms with Gasteiger partial charge in [0.15, 0.2) is 5.78 Å². The van der Waals surface area contributed by atoms with E-state index in [1.165, 1.54) is 4.31 Å². The summed E-state index contributed by atoms with van der Waals surface area (Å²) in [5.41, 5.74) is 1.01. The van der Waals surface area contributed by atoms with Gasteiger partial charge in [-0.3, -0.25) is 4.79 Å². The summed E-state index contributed by atoms with van der Waals surface area (Å²) in [5, 5.41) is 0. The van der Waals surface area contributed by atoms with E-state index in [1.54, 1.807) is 24.3 Å². The molecular formula is C14H19NO3S. The Morgan fingerprint density at radius 2 is 1.95 bits per heavy atom. The number of carbonyl (C=O) groups is 1. The van der Waals surface area contributed by atoms with Gasteiger partial charge in [0.05, 0.1) is 10.9 Å². The van der Waals surface area contributed by atoms with E-state index in [0.717, 1.165) is 18.4 Å². The van der Waals surface area contributed by atoms with Crippen molar-refractivity contribution in [2.24, 2.45) is 0 Å². The van der Waals surface area contributed by atoms with Gasteiger partial charge in [-0.2, -0.15) is 4.31 Å². The van der Waals surface area contributed by atoms with E-state index in [2.05, 4.69) is 0 Å². The Morgan fingerprint density at radius 3 is 2.53 bits per heavy atom. The zero-order valence-electron chi connectivity index (χ0n) is 11.3. The number of carbonyl (C=O) groups excluding carboxylic acids is 1.